The number of hydrogen-bond acceptors (Lipinski definition) is 8. The van der Waals surface area contributed by atoms with Gasteiger partial charge in [0.25, 0.3) is 0 Å². The molecule has 0 aromatic carbocycles. The first kappa shape index (κ1) is 56.2. The molecule has 0 amide bonds. The molecule has 18 N–H and O–H groups in total. The Bertz CT molecular complexity index is 319. The van der Waals surface area contributed by atoms with Gasteiger partial charge in [0, 0.05) is 44.4 Å². The van der Waals surface area contributed by atoms with Crippen molar-refractivity contribution < 1.29 is 132 Å². The molecule has 0 spiro atoms. The van der Waals surface area contributed by atoms with Gasteiger partial charge < -0.3 is 68.2 Å². The van der Waals surface area contributed by atoms with Crippen molar-refractivity contribution in [3.8, 4) is 0 Å². The van der Waals surface area contributed by atoms with Gasteiger partial charge in [-0.2, -0.15) is 0 Å². The average molecular weight is 559 g/mol. The molecule has 0 aromatic rings. The van der Waals surface area contributed by atoms with Crippen LogP contribution in [0.25, 0.3) is 0 Å². The molecule has 27 heavy (non-hydrogen) atoms. The van der Waals surface area contributed by atoms with Crippen LogP contribution in [0.1, 0.15) is 0 Å². The Morgan fingerprint density at radius 2 is 0.519 bits per heavy atom. The number of carboxylic acid groups (broad SMARTS) is 4. The van der Waals surface area contributed by atoms with Gasteiger partial charge in [-0.3, -0.25) is 0 Å². The summed E-state index contributed by atoms with van der Waals surface area (Å²) in [7, 11) is 0. The van der Waals surface area contributed by atoms with Gasteiger partial charge in [0.1, 0.15) is 0 Å². The zero-order valence-corrected chi connectivity index (χ0v) is 18.2. The number of aliphatic hydroxyl groups is 4. The van der Waals surface area contributed by atoms with Crippen LogP contribution in [0.3, 0.4) is 0 Å². The molecule has 0 aliphatic carbocycles. The second-order valence-corrected chi connectivity index (χ2v) is 3.13. The molecule has 19 heteroatoms. The minimum Gasteiger partial charge on any atom is -0.479 e. The van der Waals surface area contributed by atoms with Gasteiger partial charge in [0.2, 0.25) is 0 Å². The van der Waals surface area contributed by atoms with Crippen molar-refractivity contribution in [2.45, 2.75) is 24.4 Å². The van der Waals surface area contributed by atoms with E-state index in [9.17, 15) is 19.2 Å². The molecule has 166 valence electrons. The Kier molecular flexibility index (Phi) is 56.6. The molecule has 4 atom stereocenters. The molecule has 0 fully saturated rings. The second-order valence-electron chi connectivity index (χ2n) is 3.13. The number of aliphatic carboxylic acids is 4. The van der Waals surface area contributed by atoms with Gasteiger partial charge in [0.15, 0.2) is 24.4 Å². The van der Waals surface area contributed by atoms with Crippen molar-refractivity contribution >= 4 is 23.9 Å². The monoisotopic (exact) mass is 560 g/mol. The van der Waals surface area contributed by atoms with Crippen LogP contribution in [-0.4, -0.2) is 117 Å². The van der Waals surface area contributed by atoms with Crippen LogP contribution >= 0.6 is 0 Å². The maximum atomic E-state index is 9.77. The Labute approximate surface area is 180 Å². The Morgan fingerprint density at radius 1 is 0.444 bits per heavy atom. The van der Waals surface area contributed by atoms with Gasteiger partial charge in [0.05, 0.1) is 0 Å². The van der Waals surface area contributed by atoms with Crippen LogP contribution < -0.4 is 0 Å². The molecule has 17 nitrogen and oxygen atoms in total. The summed E-state index contributed by atoms with van der Waals surface area (Å²) in [5.41, 5.74) is 0. The molecule has 0 saturated carbocycles. The fourth-order valence-electron chi connectivity index (χ4n) is 0.540. The molecule has 0 bridgehead atoms. The van der Waals surface area contributed by atoms with E-state index in [1.165, 1.54) is 0 Å². The molecule has 0 aliphatic heterocycles. The molecule has 0 aliphatic rings. The van der Waals surface area contributed by atoms with Crippen LogP contribution in [0.4, 0.5) is 0 Å². The quantitative estimate of drug-likeness (QED) is 0.141. The van der Waals surface area contributed by atoms with Gasteiger partial charge >= 0.3 is 23.9 Å². The number of carbonyl (C=O) groups is 4. The van der Waals surface area contributed by atoms with E-state index < -0.39 is 48.3 Å². The predicted octanol–water partition coefficient (Wildman–Crippen LogP) is -8.37. The third kappa shape index (κ3) is 25.0. The van der Waals surface area contributed by atoms with Crippen LogP contribution in [0, 0.1) is 0 Å². The van der Waals surface area contributed by atoms with E-state index in [1.807, 2.05) is 0 Å². The molecule has 0 aromatic heterocycles. The van der Waals surface area contributed by atoms with Crippen molar-refractivity contribution in [2.24, 2.45) is 0 Å². The first-order valence-corrected chi connectivity index (χ1v) is 4.57. The smallest absolute Gasteiger partial charge is 0.335 e. The van der Waals surface area contributed by atoms with Gasteiger partial charge in [-0.15, -0.1) is 0 Å². The van der Waals surface area contributed by atoms with Crippen LogP contribution in [0.5, 0.6) is 0 Å². The molecule has 0 heterocycles. The summed E-state index contributed by atoms with van der Waals surface area (Å²) >= 11 is 0. The van der Waals surface area contributed by atoms with E-state index >= 15 is 0 Å². The standard InChI is InChI=1S/2C4H6O6.Cd.Fe.5H2O/c2*5-1(3(7)8)2(6)4(9)10;;;;;;;/h2*1-2,5-6H,(H,7,8)(H,9,10);;;5*1H2. The van der Waals surface area contributed by atoms with Crippen molar-refractivity contribution in [1.82, 2.24) is 0 Å². The van der Waals surface area contributed by atoms with Gasteiger partial charge in [-0.05, 0) is 0 Å². The predicted molar refractivity (Wildman–Crippen MR) is 72.6 cm³/mol. The summed E-state index contributed by atoms with van der Waals surface area (Å²) in [6, 6.07) is 0. The topological polar surface area (TPSA) is 388 Å². The summed E-state index contributed by atoms with van der Waals surface area (Å²) < 4.78 is 0. The van der Waals surface area contributed by atoms with E-state index in [0.29, 0.717) is 0 Å². The average Bonchev–Trinajstić information content (AvgIpc) is 2.35. The maximum Gasteiger partial charge on any atom is 0.335 e. The first-order valence-electron chi connectivity index (χ1n) is 4.57. The van der Waals surface area contributed by atoms with Crippen molar-refractivity contribution in [3.05, 3.63) is 0 Å². The molecular formula is C8H22CdFeO17. The van der Waals surface area contributed by atoms with E-state index in [0.717, 1.165) is 0 Å². The minimum atomic E-state index is -2.27. The number of carboxylic acids is 4. The third-order valence-electron chi connectivity index (χ3n) is 1.61. The number of aliphatic hydroxyl groups excluding tert-OH is 4. The third-order valence-corrected chi connectivity index (χ3v) is 1.61. The van der Waals surface area contributed by atoms with Crippen molar-refractivity contribution in [1.29, 1.82) is 0 Å². The summed E-state index contributed by atoms with van der Waals surface area (Å²) in [6.07, 6.45) is -9.06. The van der Waals surface area contributed by atoms with Crippen LogP contribution in [-0.2, 0) is 63.5 Å². The molecule has 0 radical (unpaired) electrons. The summed E-state index contributed by atoms with van der Waals surface area (Å²) in [4.78, 5) is 39.1. The van der Waals surface area contributed by atoms with Crippen molar-refractivity contribution in [2.75, 3.05) is 0 Å². The van der Waals surface area contributed by atoms with E-state index in [4.69, 9.17) is 40.9 Å². The Morgan fingerprint density at radius 3 is 0.556 bits per heavy atom. The number of hydrogen-bond donors (Lipinski definition) is 8. The summed E-state index contributed by atoms with van der Waals surface area (Å²) in [5.74, 6) is -7.07. The summed E-state index contributed by atoms with van der Waals surface area (Å²) in [5, 5.41) is 65.1. The van der Waals surface area contributed by atoms with E-state index in [-0.39, 0.29) is 71.7 Å². The Balaban J connectivity index is -0.0000000272. The fraction of sp³-hybridized carbons (Fsp3) is 0.500. The minimum absolute atomic E-state index is 0. The largest absolute Gasteiger partial charge is 0.479 e. The zero-order valence-electron chi connectivity index (χ0n) is 13.1. The maximum absolute atomic E-state index is 9.77. The first-order chi connectivity index (χ1) is 8.93. The van der Waals surface area contributed by atoms with Crippen LogP contribution in [0.15, 0.2) is 0 Å². The van der Waals surface area contributed by atoms with Gasteiger partial charge in [-0.1, -0.05) is 0 Å². The van der Waals surface area contributed by atoms with Crippen LogP contribution in [0.2, 0.25) is 0 Å². The van der Waals surface area contributed by atoms with E-state index in [2.05, 4.69) is 0 Å². The fourth-order valence-corrected chi connectivity index (χ4v) is 0.540. The SMILES string of the molecule is O.O.O.O.O.O=C(O)C(O)C(O)C(=O)O.O=C(O)C(O)C(O)C(=O)O.[Cd].[Fe]. The molecule has 4 unspecified atom stereocenters. The van der Waals surface area contributed by atoms with Crippen molar-refractivity contribution in [3.63, 3.8) is 0 Å². The second kappa shape index (κ2) is 27.2. The zero-order chi connectivity index (χ0) is 16.6. The Hall–Kier alpha value is -1.04. The normalized spacial score (nSPS) is 11.7. The van der Waals surface area contributed by atoms with E-state index in [1.54, 1.807) is 0 Å². The molecule has 0 rings (SSSR count). The number of rotatable bonds is 6. The molecule has 0 saturated heterocycles. The van der Waals surface area contributed by atoms with Gasteiger partial charge in [-0.25, -0.2) is 19.2 Å². The summed E-state index contributed by atoms with van der Waals surface area (Å²) in [6.45, 7) is 0. The molecular weight excluding hydrogens is 536 g/mol.